The van der Waals surface area contributed by atoms with Crippen LogP contribution in [0.1, 0.15) is 21.7 Å². The fraction of sp³-hybridized carbons (Fsp3) is 0.304. The molecule has 6 heteroatoms. The van der Waals surface area contributed by atoms with E-state index in [2.05, 4.69) is 48.2 Å². The maximum absolute atomic E-state index is 11.3. The number of aliphatic carboxylic acids is 1. The second-order valence-electron chi connectivity index (χ2n) is 7.33. The van der Waals surface area contributed by atoms with Gasteiger partial charge in [-0.2, -0.15) is 4.57 Å². The van der Waals surface area contributed by atoms with E-state index < -0.39 is 5.97 Å². The van der Waals surface area contributed by atoms with Gasteiger partial charge in [-0.3, -0.25) is 0 Å². The van der Waals surface area contributed by atoms with Crippen LogP contribution in [0.5, 0.6) is 0 Å². The molecule has 3 aromatic rings. The highest BCUT2D eigenvalue weighted by Crippen LogP contribution is 2.25. The summed E-state index contributed by atoms with van der Waals surface area (Å²) < 4.78 is 8.31. The molecule has 5 nitrogen and oxygen atoms in total. The molecule has 4 rings (SSSR count). The Kier molecular flexibility index (Phi) is 5.65. The molecular weight excluding hydrogens is 384 g/mol. The van der Waals surface area contributed by atoms with E-state index in [0.717, 1.165) is 52.7 Å². The number of carbonyl (C=O) groups excluding carboxylic acids is 1. The summed E-state index contributed by atoms with van der Waals surface area (Å²) in [5.41, 5.74) is 5.56. The van der Waals surface area contributed by atoms with Crippen molar-refractivity contribution in [2.24, 2.45) is 0 Å². The van der Waals surface area contributed by atoms with Crippen molar-refractivity contribution in [1.29, 1.82) is 0 Å². The van der Waals surface area contributed by atoms with Gasteiger partial charge in [0.25, 0.3) is 5.01 Å². The largest absolute Gasteiger partial charge is 0.544 e. The number of hydrogen-bond donors (Lipinski definition) is 0. The number of benzene rings is 2. The van der Waals surface area contributed by atoms with Gasteiger partial charge in [-0.05, 0) is 54.8 Å². The first-order valence-corrected chi connectivity index (χ1v) is 10.6. The number of rotatable bonds is 5. The molecule has 0 saturated carbocycles. The van der Waals surface area contributed by atoms with E-state index in [1.54, 1.807) is 11.3 Å². The molecule has 0 unspecified atom stereocenters. The van der Waals surface area contributed by atoms with Gasteiger partial charge in [0.15, 0.2) is 6.54 Å². The Labute approximate surface area is 174 Å². The molecule has 0 amide bonds. The smallest absolute Gasteiger partial charge is 0.263 e. The zero-order valence-electron chi connectivity index (χ0n) is 16.7. The standard InChI is InChI=1S/C23H24N2O3S/c1-16-13-20-21(14-17(16)2)29-22(25(20)15-23(26)27)8-5-18-3-6-19(7-4-18)24-9-11-28-12-10-24/h3-8,13-14H,9-12,15H2,1-2H3. The van der Waals surface area contributed by atoms with E-state index >= 15 is 0 Å². The Bertz CT molecular complexity index is 1060. The van der Waals surface area contributed by atoms with Gasteiger partial charge < -0.3 is 19.5 Å². The number of anilines is 1. The highest BCUT2D eigenvalue weighted by Gasteiger charge is 2.20. The van der Waals surface area contributed by atoms with Gasteiger partial charge in [-0.25, -0.2) is 0 Å². The van der Waals surface area contributed by atoms with E-state index in [1.807, 2.05) is 23.6 Å². The molecule has 0 spiro atoms. The van der Waals surface area contributed by atoms with Crippen molar-refractivity contribution in [2.75, 3.05) is 31.2 Å². The number of carboxylic acid groups (broad SMARTS) is 1. The van der Waals surface area contributed by atoms with E-state index in [4.69, 9.17) is 4.74 Å². The minimum atomic E-state index is -1.09. The van der Waals surface area contributed by atoms with Gasteiger partial charge in [0.05, 0.1) is 13.2 Å². The van der Waals surface area contributed by atoms with Crippen LogP contribution in [0.25, 0.3) is 22.4 Å². The first-order valence-electron chi connectivity index (χ1n) is 9.75. The van der Waals surface area contributed by atoms with Crippen LogP contribution < -0.4 is 14.6 Å². The summed E-state index contributed by atoms with van der Waals surface area (Å²) in [6, 6.07) is 12.6. The van der Waals surface area contributed by atoms with Gasteiger partial charge in [-0.15, -0.1) is 0 Å². The lowest BCUT2D eigenvalue weighted by Crippen LogP contribution is -2.44. The van der Waals surface area contributed by atoms with Crippen molar-refractivity contribution in [3.63, 3.8) is 0 Å². The van der Waals surface area contributed by atoms with Crippen molar-refractivity contribution in [1.82, 2.24) is 0 Å². The van der Waals surface area contributed by atoms with Crippen LogP contribution in [-0.2, 0) is 16.1 Å². The Balaban J connectivity index is 1.62. The van der Waals surface area contributed by atoms with Crippen molar-refractivity contribution >= 4 is 45.4 Å². The zero-order valence-corrected chi connectivity index (χ0v) is 17.5. The molecule has 1 aromatic heterocycles. The quantitative estimate of drug-likeness (QED) is 0.609. The van der Waals surface area contributed by atoms with E-state index in [1.165, 1.54) is 11.3 Å². The molecule has 2 heterocycles. The van der Waals surface area contributed by atoms with Gasteiger partial charge in [0.2, 0.25) is 5.52 Å². The number of nitrogens with zero attached hydrogens (tertiary/aromatic N) is 2. The van der Waals surface area contributed by atoms with Crippen molar-refractivity contribution < 1.29 is 19.2 Å². The van der Waals surface area contributed by atoms with Crippen LogP contribution in [0.4, 0.5) is 5.69 Å². The predicted octanol–water partition coefficient (Wildman–Crippen LogP) is 2.56. The van der Waals surface area contributed by atoms with Crippen molar-refractivity contribution in [3.8, 4) is 0 Å². The molecule has 1 aliphatic heterocycles. The van der Waals surface area contributed by atoms with Crippen LogP contribution in [0.2, 0.25) is 0 Å². The number of aromatic nitrogens is 1. The molecule has 1 aliphatic rings. The molecule has 2 aromatic carbocycles. The van der Waals surface area contributed by atoms with Gasteiger partial charge in [0, 0.05) is 30.9 Å². The molecular formula is C23H24N2O3S. The van der Waals surface area contributed by atoms with E-state index in [-0.39, 0.29) is 6.54 Å². The van der Waals surface area contributed by atoms with Crippen LogP contribution in [0.15, 0.2) is 36.4 Å². The normalized spacial score (nSPS) is 14.8. The van der Waals surface area contributed by atoms with Gasteiger partial charge in [-0.1, -0.05) is 23.5 Å². The highest BCUT2D eigenvalue weighted by atomic mass is 32.1. The van der Waals surface area contributed by atoms with E-state index in [9.17, 15) is 9.90 Å². The Morgan fingerprint density at radius 3 is 2.52 bits per heavy atom. The van der Waals surface area contributed by atoms with Gasteiger partial charge >= 0.3 is 0 Å². The van der Waals surface area contributed by atoms with Crippen LogP contribution in [0, 0.1) is 13.8 Å². The summed E-state index contributed by atoms with van der Waals surface area (Å²) in [5, 5.41) is 12.2. The topological polar surface area (TPSA) is 56.5 Å². The van der Waals surface area contributed by atoms with Crippen molar-refractivity contribution in [3.05, 3.63) is 58.1 Å². The SMILES string of the molecule is Cc1cc2sc(/C=C/c3ccc(N4CCOCC4)cc3)[n+](CC(=O)[O-])c2cc1C. The lowest BCUT2D eigenvalue weighted by Gasteiger charge is -2.28. The van der Waals surface area contributed by atoms with Crippen LogP contribution in [-0.4, -0.2) is 32.3 Å². The summed E-state index contributed by atoms with van der Waals surface area (Å²) >= 11 is 1.60. The summed E-state index contributed by atoms with van der Waals surface area (Å²) in [6.07, 6.45) is 4.02. The zero-order chi connectivity index (χ0) is 20.4. The number of carboxylic acids is 1. The summed E-state index contributed by atoms with van der Waals surface area (Å²) in [6.45, 7) is 7.33. The predicted molar refractivity (Wildman–Crippen MR) is 115 cm³/mol. The number of ether oxygens (including phenoxy) is 1. The summed E-state index contributed by atoms with van der Waals surface area (Å²) in [7, 11) is 0. The summed E-state index contributed by atoms with van der Waals surface area (Å²) in [4.78, 5) is 13.6. The third kappa shape index (κ3) is 4.33. The maximum atomic E-state index is 11.3. The second-order valence-corrected chi connectivity index (χ2v) is 8.39. The third-order valence-electron chi connectivity index (χ3n) is 5.32. The first-order chi connectivity index (χ1) is 14.0. The summed E-state index contributed by atoms with van der Waals surface area (Å²) in [5.74, 6) is -1.09. The second kappa shape index (κ2) is 8.35. The number of morpholine rings is 1. The highest BCUT2D eigenvalue weighted by molar-refractivity contribution is 7.18. The average molecular weight is 409 g/mol. The first kappa shape index (κ1) is 19.6. The molecule has 29 heavy (non-hydrogen) atoms. The fourth-order valence-electron chi connectivity index (χ4n) is 3.56. The Morgan fingerprint density at radius 2 is 1.83 bits per heavy atom. The Hall–Kier alpha value is -2.70. The molecule has 1 fully saturated rings. The third-order valence-corrected chi connectivity index (χ3v) is 6.43. The molecule has 0 atom stereocenters. The molecule has 1 saturated heterocycles. The molecule has 150 valence electrons. The number of aryl methyl sites for hydroxylation is 2. The molecule has 0 radical (unpaired) electrons. The number of hydrogen-bond acceptors (Lipinski definition) is 5. The van der Waals surface area contributed by atoms with Crippen LogP contribution >= 0.6 is 11.3 Å². The number of fused-ring (bicyclic) bond motifs is 1. The van der Waals surface area contributed by atoms with E-state index in [0.29, 0.717) is 0 Å². The average Bonchev–Trinajstić information content (AvgIpc) is 3.03. The minimum Gasteiger partial charge on any atom is -0.544 e. The lowest BCUT2D eigenvalue weighted by molar-refractivity contribution is -0.663. The number of thiazole rings is 1. The minimum absolute atomic E-state index is 0.155. The number of carbonyl (C=O) groups is 1. The monoisotopic (exact) mass is 408 g/mol. The fourth-order valence-corrected chi connectivity index (χ4v) is 4.70. The Morgan fingerprint density at radius 1 is 1.14 bits per heavy atom. The molecule has 0 aliphatic carbocycles. The molecule has 0 N–H and O–H groups in total. The van der Waals surface area contributed by atoms with Gasteiger partial charge in [0.1, 0.15) is 10.7 Å². The molecule has 0 bridgehead atoms. The van der Waals surface area contributed by atoms with Crippen LogP contribution in [0.3, 0.4) is 0 Å². The lowest BCUT2D eigenvalue weighted by atomic mass is 10.1. The maximum Gasteiger partial charge on any atom is 0.263 e. The van der Waals surface area contributed by atoms with Crippen molar-refractivity contribution in [2.45, 2.75) is 20.4 Å².